The average Bonchev–Trinajstić information content (AvgIpc) is 2.99. The van der Waals surface area contributed by atoms with E-state index in [4.69, 9.17) is 0 Å². The molecule has 0 radical (unpaired) electrons. The van der Waals surface area contributed by atoms with Crippen molar-refractivity contribution >= 4 is 11.8 Å². The van der Waals surface area contributed by atoms with Gasteiger partial charge in [0.1, 0.15) is 0 Å². The summed E-state index contributed by atoms with van der Waals surface area (Å²) in [4.78, 5) is 28.4. The second-order valence-electron chi connectivity index (χ2n) is 8.51. The first-order valence-electron chi connectivity index (χ1n) is 10.8. The van der Waals surface area contributed by atoms with Crippen LogP contribution in [0.4, 0.5) is 0 Å². The molecule has 2 atom stereocenters. The smallest absolute Gasteiger partial charge is 0.234 e. The Labute approximate surface area is 166 Å². The Morgan fingerprint density at radius 2 is 1.11 bits per heavy atom. The molecule has 1 saturated heterocycles. The highest BCUT2D eigenvalue weighted by Crippen LogP contribution is 2.60. The third-order valence-corrected chi connectivity index (χ3v) is 7.03. The summed E-state index contributed by atoms with van der Waals surface area (Å²) in [5, 5.41) is 0. The summed E-state index contributed by atoms with van der Waals surface area (Å²) in [6.45, 7) is 2.78. The van der Waals surface area contributed by atoms with Crippen LogP contribution in [0.2, 0.25) is 0 Å². The molecule has 2 aromatic rings. The quantitative estimate of drug-likeness (QED) is 0.536. The Hall–Kier alpha value is -2.42. The van der Waals surface area contributed by atoms with Crippen LogP contribution in [0.1, 0.15) is 73.1 Å². The Bertz CT molecular complexity index is 818. The Morgan fingerprint density at radius 1 is 0.679 bits per heavy atom. The maximum absolute atomic E-state index is 13.4. The molecular weight excluding hydrogens is 346 g/mol. The van der Waals surface area contributed by atoms with Gasteiger partial charge in [-0.3, -0.25) is 14.5 Å². The second-order valence-corrected chi connectivity index (χ2v) is 8.51. The Balaban J connectivity index is 1.50. The van der Waals surface area contributed by atoms with Gasteiger partial charge in [-0.25, -0.2) is 0 Å². The fourth-order valence-corrected chi connectivity index (χ4v) is 5.83. The summed E-state index contributed by atoms with van der Waals surface area (Å²) in [6.07, 6.45) is 5.62. The Kier molecular flexibility index (Phi) is 4.34. The minimum atomic E-state index is -0.224. The van der Waals surface area contributed by atoms with Crippen LogP contribution in [0.25, 0.3) is 0 Å². The lowest BCUT2D eigenvalue weighted by atomic mass is 9.55. The maximum atomic E-state index is 13.4. The lowest BCUT2D eigenvalue weighted by molar-refractivity contribution is -0.140. The molecule has 2 unspecified atom stereocenters. The van der Waals surface area contributed by atoms with Crippen LogP contribution >= 0.6 is 0 Å². The van der Waals surface area contributed by atoms with Gasteiger partial charge in [-0.2, -0.15) is 0 Å². The van der Waals surface area contributed by atoms with E-state index < -0.39 is 0 Å². The Morgan fingerprint density at radius 3 is 1.54 bits per heavy atom. The van der Waals surface area contributed by atoms with Crippen LogP contribution in [0.5, 0.6) is 0 Å². The number of carbonyl (C=O) groups is 2. The second kappa shape index (κ2) is 6.88. The molecule has 28 heavy (non-hydrogen) atoms. The summed E-state index contributed by atoms with van der Waals surface area (Å²) < 4.78 is 0. The third-order valence-electron chi connectivity index (χ3n) is 7.03. The van der Waals surface area contributed by atoms with Crippen LogP contribution in [0.15, 0.2) is 48.5 Å². The molecular formula is C25H27NO2. The largest absolute Gasteiger partial charge is 0.282 e. The van der Waals surface area contributed by atoms with Gasteiger partial charge in [-0.05, 0) is 28.7 Å². The summed E-state index contributed by atoms with van der Waals surface area (Å²) in [5.74, 6) is -0.294. The summed E-state index contributed by atoms with van der Waals surface area (Å²) in [7, 11) is 0. The maximum Gasteiger partial charge on any atom is 0.234 e. The minimum Gasteiger partial charge on any atom is -0.282 e. The molecule has 0 aromatic heterocycles. The molecule has 1 heterocycles. The monoisotopic (exact) mass is 373 g/mol. The van der Waals surface area contributed by atoms with Crippen molar-refractivity contribution in [1.82, 2.24) is 4.90 Å². The van der Waals surface area contributed by atoms with Gasteiger partial charge in [0.15, 0.2) is 0 Å². The van der Waals surface area contributed by atoms with Crippen molar-refractivity contribution < 1.29 is 9.59 Å². The van der Waals surface area contributed by atoms with Crippen LogP contribution in [-0.4, -0.2) is 23.3 Å². The van der Waals surface area contributed by atoms with Crippen molar-refractivity contribution in [3.8, 4) is 0 Å². The number of carbonyl (C=O) groups excluding carboxylic acids is 2. The van der Waals surface area contributed by atoms with E-state index in [9.17, 15) is 9.59 Å². The molecule has 0 N–H and O–H groups in total. The number of benzene rings is 2. The topological polar surface area (TPSA) is 37.4 Å². The number of imide groups is 1. The van der Waals surface area contributed by atoms with Crippen molar-refractivity contribution in [3.05, 3.63) is 70.8 Å². The van der Waals surface area contributed by atoms with E-state index >= 15 is 0 Å². The highest BCUT2D eigenvalue weighted by Gasteiger charge is 2.61. The number of hydrogen-bond donors (Lipinski definition) is 0. The first-order chi connectivity index (χ1) is 13.7. The van der Waals surface area contributed by atoms with E-state index in [1.807, 2.05) is 0 Å². The normalized spacial score (nSPS) is 27.0. The fourth-order valence-electron chi connectivity index (χ4n) is 5.83. The predicted octanol–water partition coefficient (Wildman–Crippen LogP) is 4.85. The van der Waals surface area contributed by atoms with E-state index in [1.54, 1.807) is 4.90 Å². The lowest BCUT2D eigenvalue weighted by Gasteiger charge is -2.45. The van der Waals surface area contributed by atoms with E-state index in [0.29, 0.717) is 6.54 Å². The highest BCUT2D eigenvalue weighted by atomic mass is 16.2. The number of hydrogen-bond acceptors (Lipinski definition) is 2. The fraction of sp³-hybridized carbons (Fsp3) is 0.440. The van der Waals surface area contributed by atoms with E-state index in [2.05, 4.69) is 55.5 Å². The van der Waals surface area contributed by atoms with Gasteiger partial charge in [-0.1, -0.05) is 81.1 Å². The zero-order valence-electron chi connectivity index (χ0n) is 16.4. The zero-order chi connectivity index (χ0) is 19.3. The molecule has 2 bridgehead atoms. The van der Waals surface area contributed by atoms with Gasteiger partial charge in [0, 0.05) is 18.4 Å². The van der Waals surface area contributed by atoms with Gasteiger partial charge >= 0.3 is 0 Å². The summed E-state index contributed by atoms with van der Waals surface area (Å²) in [5.41, 5.74) is 4.99. The van der Waals surface area contributed by atoms with Crippen LogP contribution in [0, 0.1) is 11.8 Å². The molecule has 1 aliphatic heterocycles. The molecule has 144 valence electrons. The molecule has 0 spiro atoms. The van der Waals surface area contributed by atoms with Crippen molar-refractivity contribution in [3.63, 3.8) is 0 Å². The summed E-state index contributed by atoms with van der Waals surface area (Å²) in [6, 6.07) is 16.9. The molecule has 0 saturated carbocycles. The standard InChI is InChI=1S/C25H27NO2/c1-2-3-4-5-10-15-26-24(27)22-20-16-11-6-7-12-17(16)21(23(22)25(26)28)19-14-9-8-13-18(19)20/h6-9,11-14,20-23H,2-5,10,15H2,1H3. The lowest BCUT2D eigenvalue weighted by Crippen LogP contribution is -2.41. The molecule has 3 nitrogen and oxygen atoms in total. The van der Waals surface area contributed by atoms with Crippen LogP contribution in [-0.2, 0) is 9.59 Å². The molecule has 1 fully saturated rings. The molecule has 2 aromatic carbocycles. The van der Waals surface area contributed by atoms with Gasteiger partial charge in [0.05, 0.1) is 11.8 Å². The number of rotatable bonds is 6. The van der Waals surface area contributed by atoms with Gasteiger partial charge in [-0.15, -0.1) is 0 Å². The zero-order valence-corrected chi connectivity index (χ0v) is 16.4. The SMILES string of the molecule is CCCCCCCN1C(=O)C2C3c4ccccc4C(c4ccccc43)C2C1=O. The number of nitrogens with zero attached hydrogens (tertiary/aromatic N) is 1. The van der Waals surface area contributed by atoms with E-state index in [0.717, 1.165) is 12.8 Å². The van der Waals surface area contributed by atoms with E-state index in [1.165, 1.54) is 41.5 Å². The van der Waals surface area contributed by atoms with Crippen molar-refractivity contribution in [1.29, 1.82) is 0 Å². The predicted molar refractivity (Wildman–Crippen MR) is 109 cm³/mol. The van der Waals surface area contributed by atoms with Gasteiger partial charge in [0.25, 0.3) is 0 Å². The molecule has 4 aliphatic rings. The van der Waals surface area contributed by atoms with Gasteiger partial charge < -0.3 is 0 Å². The number of amides is 2. The van der Waals surface area contributed by atoms with Crippen LogP contribution < -0.4 is 0 Å². The number of unbranched alkanes of at least 4 members (excludes halogenated alkanes) is 4. The first kappa shape index (κ1) is 17.7. The van der Waals surface area contributed by atoms with Gasteiger partial charge in [0.2, 0.25) is 11.8 Å². The van der Waals surface area contributed by atoms with Crippen LogP contribution in [0.3, 0.4) is 0 Å². The van der Waals surface area contributed by atoms with Crippen molar-refractivity contribution in [2.45, 2.75) is 50.9 Å². The number of likely N-dealkylation sites (tertiary alicyclic amines) is 1. The molecule has 6 rings (SSSR count). The molecule has 2 amide bonds. The average molecular weight is 373 g/mol. The van der Waals surface area contributed by atoms with Crippen molar-refractivity contribution in [2.75, 3.05) is 6.54 Å². The van der Waals surface area contributed by atoms with E-state index in [-0.39, 0.29) is 35.5 Å². The highest BCUT2D eigenvalue weighted by molar-refractivity contribution is 6.07. The minimum absolute atomic E-state index is 0.0175. The molecule has 3 aliphatic carbocycles. The third kappa shape index (κ3) is 2.41. The molecule has 3 heteroatoms. The first-order valence-corrected chi connectivity index (χ1v) is 10.8. The summed E-state index contributed by atoms with van der Waals surface area (Å²) >= 11 is 0. The van der Waals surface area contributed by atoms with Crippen molar-refractivity contribution in [2.24, 2.45) is 11.8 Å².